The topological polar surface area (TPSA) is 122 Å². The number of nitrogens with one attached hydrogen (secondary N) is 2. The molecule has 9 nitrogen and oxygen atoms in total. The molecule has 1 saturated carbocycles. The second-order valence-corrected chi connectivity index (χ2v) is 9.86. The molecule has 0 radical (unpaired) electrons. The van der Waals surface area contributed by atoms with Crippen molar-refractivity contribution >= 4 is 27.8 Å². The van der Waals surface area contributed by atoms with Gasteiger partial charge in [-0.1, -0.05) is 6.92 Å². The predicted octanol–water partition coefficient (Wildman–Crippen LogP) is 0.659. The van der Waals surface area contributed by atoms with E-state index in [1.165, 1.54) is 31.4 Å². The maximum atomic E-state index is 12.8. The summed E-state index contributed by atoms with van der Waals surface area (Å²) in [6.07, 6.45) is 2.60. The first-order chi connectivity index (χ1) is 14.2. The highest BCUT2D eigenvalue weighted by molar-refractivity contribution is 7.89. The molecule has 0 unspecified atom stereocenters. The van der Waals surface area contributed by atoms with Crippen LogP contribution in [0.25, 0.3) is 0 Å². The van der Waals surface area contributed by atoms with E-state index in [2.05, 4.69) is 17.6 Å². The van der Waals surface area contributed by atoms with Gasteiger partial charge in [-0.05, 0) is 55.9 Å². The zero-order valence-electron chi connectivity index (χ0n) is 17.1. The van der Waals surface area contributed by atoms with Gasteiger partial charge in [0.15, 0.2) is 0 Å². The molecular weight excluding hydrogens is 410 g/mol. The van der Waals surface area contributed by atoms with Gasteiger partial charge >= 0.3 is 5.97 Å². The van der Waals surface area contributed by atoms with Crippen LogP contribution in [0.4, 0.5) is 0 Å². The molecule has 30 heavy (non-hydrogen) atoms. The van der Waals surface area contributed by atoms with E-state index in [1.807, 2.05) is 0 Å². The van der Waals surface area contributed by atoms with E-state index in [0.717, 1.165) is 17.1 Å². The zero-order valence-corrected chi connectivity index (χ0v) is 18.0. The molecule has 10 heteroatoms. The summed E-state index contributed by atoms with van der Waals surface area (Å²) >= 11 is 0. The summed E-state index contributed by atoms with van der Waals surface area (Å²) in [6.45, 7) is 2.32. The summed E-state index contributed by atoms with van der Waals surface area (Å²) in [5.74, 6) is -0.807. The highest BCUT2D eigenvalue weighted by Gasteiger charge is 2.43. The molecule has 2 fully saturated rings. The van der Waals surface area contributed by atoms with Gasteiger partial charge in [-0.3, -0.25) is 9.59 Å². The minimum absolute atomic E-state index is 0.00271. The van der Waals surface area contributed by atoms with Gasteiger partial charge in [-0.15, -0.1) is 0 Å². The van der Waals surface area contributed by atoms with Crippen molar-refractivity contribution in [3.8, 4) is 0 Å². The number of methoxy groups -OCH3 is 1. The van der Waals surface area contributed by atoms with Crippen LogP contribution >= 0.6 is 0 Å². The monoisotopic (exact) mass is 437 g/mol. The molecule has 1 saturated heterocycles. The number of benzene rings is 1. The summed E-state index contributed by atoms with van der Waals surface area (Å²) in [5, 5.41) is 5.40. The molecule has 2 aliphatic rings. The number of amides is 2. The lowest BCUT2D eigenvalue weighted by Crippen LogP contribution is -2.56. The van der Waals surface area contributed by atoms with Crippen molar-refractivity contribution in [2.24, 2.45) is 5.92 Å². The van der Waals surface area contributed by atoms with E-state index in [1.54, 1.807) is 0 Å². The lowest BCUT2D eigenvalue weighted by Gasteiger charge is -2.37. The summed E-state index contributed by atoms with van der Waals surface area (Å²) < 4.78 is 31.5. The Bertz CT molecular complexity index is 920. The molecule has 2 N–H and O–H groups in total. The van der Waals surface area contributed by atoms with Gasteiger partial charge in [-0.25, -0.2) is 13.2 Å². The minimum Gasteiger partial charge on any atom is -0.467 e. The number of esters is 1. The fourth-order valence-electron chi connectivity index (χ4n) is 3.87. The highest BCUT2D eigenvalue weighted by Crippen LogP contribution is 2.33. The SMILES string of the molecule is COC(=O)C1(NC(=O)c2ccc(S(=O)(=O)N3CCNC(=O)C3)cc2)CCC(C)CC1. The van der Waals surface area contributed by atoms with Crippen LogP contribution in [0.5, 0.6) is 0 Å². The normalized spacial score (nSPS) is 25.3. The first-order valence-electron chi connectivity index (χ1n) is 9.96. The Morgan fingerprint density at radius 1 is 1.20 bits per heavy atom. The molecule has 0 aromatic heterocycles. The lowest BCUT2D eigenvalue weighted by molar-refractivity contribution is -0.150. The molecule has 3 rings (SSSR count). The van der Waals surface area contributed by atoms with Crippen LogP contribution in [0.1, 0.15) is 43.0 Å². The molecule has 1 aromatic carbocycles. The Hall–Kier alpha value is -2.46. The molecule has 2 amide bonds. The molecule has 1 heterocycles. The van der Waals surface area contributed by atoms with Crippen molar-refractivity contribution < 1.29 is 27.5 Å². The van der Waals surface area contributed by atoms with E-state index < -0.39 is 27.4 Å². The number of carbonyl (C=O) groups is 3. The van der Waals surface area contributed by atoms with Gasteiger partial charge in [-0.2, -0.15) is 4.31 Å². The fraction of sp³-hybridized carbons (Fsp3) is 0.550. The standard InChI is InChI=1S/C20H27N3O6S/c1-14-7-9-20(10-8-14,19(26)29-2)22-18(25)15-3-5-16(6-4-15)30(27,28)23-12-11-21-17(24)13-23/h3-6,14H,7-13H2,1-2H3,(H,21,24)(H,22,25). The van der Waals surface area contributed by atoms with Crippen LogP contribution in [0.2, 0.25) is 0 Å². The van der Waals surface area contributed by atoms with Gasteiger partial charge < -0.3 is 15.4 Å². The molecule has 0 atom stereocenters. The number of piperazine rings is 1. The van der Waals surface area contributed by atoms with Crippen molar-refractivity contribution in [1.82, 2.24) is 14.9 Å². The second kappa shape index (κ2) is 8.73. The number of carbonyl (C=O) groups excluding carboxylic acids is 3. The predicted molar refractivity (Wildman–Crippen MR) is 108 cm³/mol. The van der Waals surface area contributed by atoms with Crippen LogP contribution in [-0.4, -0.2) is 62.8 Å². The van der Waals surface area contributed by atoms with Crippen LogP contribution < -0.4 is 10.6 Å². The molecule has 1 aliphatic heterocycles. The van der Waals surface area contributed by atoms with Gasteiger partial charge in [0.25, 0.3) is 5.91 Å². The first-order valence-corrected chi connectivity index (χ1v) is 11.4. The third kappa shape index (κ3) is 4.49. The quantitative estimate of drug-likeness (QED) is 0.653. The Balaban J connectivity index is 1.76. The summed E-state index contributed by atoms with van der Waals surface area (Å²) in [4.78, 5) is 36.7. The molecule has 0 bridgehead atoms. The number of hydrogen-bond acceptors (Lipinski definition) is 6. The van der Waals surface area contributed by atoms with Crippen molar-refractivity contribution in [1.29, 1.82) is 0 Å². The fourth-order valence-corrected chi connectivity index (χ4v) is 5.26. The van der Waals surface area contributed by atoms with Crippen LogP contribution in [0.15, 0.2) is 29.2 Å². The average Bonchev–Trinajstić information content (AvgIpc) is 2.75. The van der Waals surface area contributed by atoms with E-state index in [0.29, 0.717) is 18.8 Å². The van der Waals surface area contributed by atoms with Gasteiger partial charge in [0.05, 0.1) is 18.6 Å². The lowest BCUT2D eigenvalue weighted by atomic mass is 9.77. The first kappa shape index (κ1) is 22.2. The number of sulfonamides is 1. The molecular formula is C20H27N3O6S. The Morgan fingerprint density at radius 3 is 2.40 bits per heavy atom. The second-order valence-electron chi connectivity index (χ2n) is 7.92. The van der Waals surface area contributed by atoms with Crippen molar-refractivity contribution in [2.75, 3.05) is 26.7 Å². The van der Waals surface area contributed by atoms with Crippen LogP contribution in [0, 0.1) is 5.92 Å². The molecule has 164 valence electrons. The van der Waals surface area contributed by atoms with E-state index >= 15 is 0 Å². The zero-order chi connectivity index (χ0) is 21.9. The molecule has 1 aromatic rings. The van der Waals surface area contributed by atoms with Crippen LogP contribution in [-0.2, 0) is 24.3 Å². The molecule has 0 spiro atoms. The summed E-state index contributed by atoms with van der Waals surface area (Å²) in [7, 11) is -2.53. The largest absolute Gasteiger partial charge is 0.467 e. The van der Waals surface area contributed by atoms with E-state index in [9.17, 15) is 22.8 Å². The Kier molecular flexibility index (Phi) is 6.47. The smallest absolute Gasteiger partial charge is 0.331 e. The summed E-state index contributed by atoms with van der Waals surface area (Å²) in [5.41, 5.74) is -0.822. The molecule has 1 aliphatic carbocycles. The van der Waals surface area contributed by atoms with Crippen molar-refractivity contribution in [3.63, 3.8) is 0 Å². The maximum Gasteiger partial charge on any atom is 0.331 e. The van der Waals surface area contributed by atoms with Crippen molar-refractivity contribution in [3.05, 3.63) is 29.8 Å². The highest BCUT2D eigenvalue weighted by atomic mass is 32.2. The van der Waals surface area contributed by atoms with Gasteiger partial charge in [0.2, 0.25) is 15.9 Å². The minimum atomic E-state index is -3.83. The number of ether oxygens (including phenoxy) is 1. The van der Waals surface area contributed by atoms with Crippen LogP contribution in [0.3, 0.4) is 0 Å². The Morgan fingerprint density at radius 2 is 1.83 bits per heavy atom. The number of rotatable bonds is 5. The number of nitrogens with zero attached hydrogens (tertiary/aromatic N) is 1. The average molecular weight is 438 g/mol. The van der Waals surface area contributed by atoms with Gasteiger partial charge in [0.1, 0.15) is 5.54 Å². The van der Waals surface area contributed by atoms with Gasteiger partial charge in [0, 0.05) is 18.7 Å². The third-order valence-corrected chi connectivity index (χ3v) is 7.67. The van der Waals surface area contributed by atoms with E-state index in [-0.39, 0.29) is 36.0 Å². The summed E-state index contributed by atoms with van der Waals surface area (Å²) in [6, 6.07) is 5.49. The maximum absolute atomic E-state index is 12.8. The van der Waals surface area contributed by atoms with Crippen molar-refractivity contribution in [2.45, 2.75) is 43.0 Å². The number of hydrogen-bond donors (Lipinski definition) is 2. The Labute approximate surface area is 176 Å². The third-order valence-electron chi connectivity index (χ3n) is 5.81. The van der Waals surface area contributed by atoms with E-state index in [4.69, 9.17) is 4.74 Å².